The molecule has 8 rings (SSSR count). The normalized spacial score (nSPS) is 11.7. The number of nitro groups is 2. The van der Waals surface area contributed by atoms with Crippen LogP contribution in [0.25, 0.3) is 11.4 Å². The van der Waals surface area contributed by atoms with E-state index < -0.39 is 23.8 Å². The van der Waals surface area contributed by atoms with Crippen LogP contribution in [0.3, 0.4) is 0 Å². The lowest BCUT2D eigenvalue weighted by Crippen LogP contribution is -2.18. The molecule has 0 radical (unpaired) electrons. The zero-order chi connectivity index (χ0) is 46.7. The van der Waals surface area contributed by atoms with Crippen molar-refractivity contribution in [3.05, 3.63) is 245 Å². The third-order valence-corrected chi connectivity index (χ3v) is 10.9. The molecule has 2 aromatic heterocycles. The average molecular weight is 924 g/mol. The van der Waals surface area contributed by atoms with Crippen LogP contribution in [0.1, 0.15) is 66.2 Å². The van der Waals surface area contributed by atoms with Gasteiger partial charge >= 0.3 is 11.9 Å². The molecule has 0 unspecified atom stereocenters. The van der Waals surface area contributed by atoms with Crippen LogP contribution in [0.2, 0.25) is 10.0 Å². The molecule has 0 saturated heterocycles. The van der Waals surface area contributed by atoms with Gasteiger partial charge in [0, 0.05) is 19.9 Å². The fourth-order valence-electron chi connectivity index (χ4n) is 7.38. The van der Waals surface area contributed by atoms with Crippen molar-refractivity contribution in [2.45, 2.75) is 25.7 Å². The summed E-state index contributed by atoms with van der Waals surface area (Å²) in [5, 5.41) is 33.3. The molecule has 0 aliphatic heterocycles. The summed E-state index contributed by atoms with van der Waals surface area (Å²) >= 11 is 11.9. The number of aryl methyl sites for hydroxylation is 2. The van der Waals surface area contributed by atoms with Crippen molar-refractivity contribution in [1.29, 1.82) is 0 Å². The maximum Gasteiger partial charge on any atom is 0.344 e. The van der Waals surface area contributed by atoms with E-state index in [1.54, 1.807) is 62.4 Å². The molecular formula is C50H40Cl2N6O8. The number of ether oxygens (including phenoxy) is 2. The van der Waals surface area contributed by atoms with Gasteiger partial charge in [0.15, 0.2) is 0 Å². The van der Waals surface area contributed by atoms with Crippen molar-refractivity contribution in [1.82, 2.24) is 19.6 Å². The number of halogens is 2. The number of aromatic nitrogens is 4. The van der Waals surface area contributed by atoms with Crippen molar-refractivity contribution >= 4 is 35.1 Å². The van der Waals surface area contributed by atoms with Gasteiger partial charge in [-0.1, -0.05) is 120 Å². The number of nitrogens with zero attached hydrogens (tertiary/aromatic N) is 6. The van der Waals surface area contributed by atoms with Gasteiger partial charge in [0.25, 0.3) is 0 Å². The molecule has 0 saturated carbocycles. The second-order valence-corrected chi connectivity index (χ2v) is 15.7. The predicted molar refractivity (Wildman–Crippen MR) is 250 cm³/mol. The first-order valence-electron chi connectivity index (χ1n) is 20.5. The summed E-state index contributed by atoms with van der Waals surface area (Å²) in [7, 11) is 0. The van der Waals surface area contributed by atoms with Gasteiger partial charge in [0.1, 0.15) is 0 Å². The third kappa shape index (κ3) is 11.0. The summed E-state index contributed by atoms with van der Waals surface area (Å²) in [4.78, 5) is 48.5. The van der Waals surface area contributed by atoms with Crippen molar-refractivity contribution in [2.24, 2.45) is 0 Å². The quantitative estimate of drug-likeness (QED) is 0.0580. The highest BCUT2D eigenvalue weighted by Crippen LogP contribution is 2.39. The molecular weight excluding hydrogens is 883 g/mol. The number of hydrogen-bond acceptors (Lipinski definition) is 10. The highest BCUT2D eigenvalue weighted by atomic mass is 35.5. The second kappa shape index (κ2) is 21.2. The molecule has 332 valence electrons. The number of para-hydroxylation sites is 2. The summed E-state index contributed by atoms with van der Waals surface area (Å²) in [5.41, 5.74) is 5.44. The van der Waals surface area contributed by atoms with Crippen molar-refractivity contribution in [2.75, 3.05) is 13.1 Å². The second-order valence-electron chi connectivity index (χ2n) is 14.9. The van der Waals surface area contributed by atoms with Crippen LogP contribution in [-0.4, -0.2) is 54.4 Å². The lowest BCUT2D eigenvalue weighted by atomic mass is 9.91. The van der Waals surface area contributed by atoms with Crippen molar-refractivity contribution in [3.63, 3.8) is 0 Å². The number of esters is 2. The molecule has 8 aromatic rings. The van der Waals surface area contributed by atoms with Crippen molar-refractivity contribution in [3.8, 4) is 23.1 Å². The molecule has 2 heterocycles. The lowest BCUT2D eigenvalue weighted by molar-refractivity contribution is -0.481. The number of rotatable bonds is 14. The average Bonchev–Trinajstić information content (AvgIpc) is 3.82. The van der Waals surface area contributed by atoms with Gasteiger partial charge in [-0.2, -0.15) is 10.2 Å². The molecule has 66 heavy (non-hydrogen) atoms. The zero-order valence-electron chi connectivity index (χ0n) is 35.4. The van der Waals surface area contributed by atoms with Gasteiger partial charge in [-0.25, -0.2) is 19.0 Å². The van der Waals surface area contributed by atoms with E-state index in [0.717, 1.165) is 11.1 Å². The summed E-state index contributed by atoms with van der Waals surface area (Å²) in [6.45, 7) is 2.75. The molecule has 0 aliphatic rings. The maximum absolute atomic E-state index is 13.0. The Bertz CT molecular complexity index is 2750. The van der Waals surface area contributed by atoms with E-state index in [9.17, 15) is 29.8 Å². The maximum atomic E-state index is 13.0. The molecule has 0 aliphatic carbocycles. The monoisotopic (exact) mass is 922 g/mol. The lowest BCUT2D eigenvalue weighted by Gasteiger charge is -2.16. The topological polar surface area (TPSA) is 175 Å². The number of carbonyl (C=O) groups is 2. The fraction of sp³-hybridized carbons (Fsp3) is 0.120. The third-order valence-electron chi connectivity index (χ3n) is 10.4. The summed E-state index contributed by atoms with van der Waals surface area (Å²) in [5.74, 6) is -2.25. The standard InChI is InChI=1S/2C25H20ClN3O4/c2*1-17-23(22(16-28(31)32)18-8-4-2-5-9-18)24(29(27-17)21-10-6-3-7-11-21)33-25(30)19-12-14-20(26)15-13-19/h2*2-15,22H,16H2,1H3/t2*22-/m00/s1. The summed E-state index contributed by atoms with van der Waals surface area (Å²) in [6.07, 6.45) is 0. The Morgan fingerprint density at radius 1 is 0.515 bits per heavy atom. The Labute approximate surface area is 388 Å². The Balaban J connectivity index is 0.000000196. The molecule has 2 atom stereocenters. The van der Waals surface area contributed by atoms with E-state index in [4.69, 9.17) is 32.7 Å². The van der Waals surface area contributed by atoms with Crippen LogP contribution < -0.4 is 9.47 Å². The molecule has 0 amide bonds. The highest BCUT2D eigenvalue weighted by Gasteiger charge is 2.33. The van der Waals surface area contributed by atoms with E-state index in [0.29, 0.717) is 55.1 Å². The van der Waals surface area contributed by atoms with Crippen LogP contribution in [0.5, 0.6) is 11.8 Å². The van der Waals surface area contributed by atoms with Gasteiger partial charge in [-0.3, -0.25) is 20.2 Å². The number of carbonyl (C=O) groups excluding carboxylic acids is 2. The van der Waals surface area contributed by atoms with E-state index in [-0.39, 0.29) is 34.7 Å². The SMILES string of the molecule is Cc1nn(-c2ccccc2)c(OC(=O)c2ccc(Cl)cc2)c1[C@@H](C[N+](=O)[O-])c1ccccc1.Cc1nn(-c2ccccc2)c(OC(=O)c2ccc(Cl)cc2)c1[C@@H](C[N+](=O)[O-])c1ccccc1. The minimum atomic E-state index is -0.660. The molecule has 14 nitrogen and oxygen atoms in total. The molecule has 0 bridgehead atoms. The van der Waals surface area contributed by atoms with Crippen LogP contribution in [-0.2, 0) is 0 Å². The van der Waals surface area contributed by atoms with Gasteiger partial charge in [0.2, 0.25) is 24.8 Å². The van der Waals surface area contributed by atoms with E-state index in [1.807, 2.05) is 121 Å². The number of hydrogen-bond donors (Lipinski definition) is 0. The summed E-state index contributed by atoms with van der Waals surface area (Å²) in [6, 6.07) is 49.2. The Hall–Kier alpha value is -7.94. The van der Waals surface area contributed by atoms with Gasteiger partial charge in [-0.15, -0.1) is 0 Å². The van der Waals surface area contributed by atoms with Crippen LogP contribution in [0.4, 0.5) is 0 Å². The smallest absolute Gasteiger partial charge is 0.344 e. The largest absolute Gasteiger partial charge is 0.403 e. The Morgan fingerprint density at radius 2 is 0.818 bits per heavy atom. The fourth-order valence-corrected chi connectivity index (χ4v) is 7.64. The predicted octanol–water partition coefficient (Wildman–Crippen LogP) is 10.9. The van der Waals surface area contributed by atoms with Gasteiger partial charge in [0.05, 0.1) is 56.9 Å². The van der Waals surface area contributed by atoms with Gasteiger partial charge in [-0.05, 0) is 97.8 Å². The van der Waals surface area contributed by atoms with Crippen LogP contribution in [0, 0.1) is 34.1 Å². The van der Waals surface area contributed by atoms with E-state index in [1.165, 1.54) is 9.36 Å². The Kier molecular flexibility index (Phi) is 14.8. The highest BCUT2D eigenvalue weighted by molar-refractivity contribution is 6.31. The molecule has 0 fully saturated rings. The zero-order valence-corrected chi connectivity index (χ0v) is 37.0. The van der Waals surface area contributed by atoms with Crippen LogP contribution >= 0.6 is 23.2 Å². The molecule has 6 aromatic carbocycles. The minimum Gasteiger partial charge on any atom is -0.403 e. The first kappa shape index (κ1) is 46.1. The first-order valence-corrected chi connectivity index (χ1v) is 21.2. The Morgan fingerprint density at radius 3 is 1.12 bits per heavy atom. The molecule has 16 heteroatoms. The molecule has 0 N–H and O–H groups in total. The number of benzene rings is 6. The molecule has 0 spiro atoms. The van der Waals surface area contributed by atoms with Gasteiger partial charge < -0.3 is 9.47 Å². The van der Waals surface area contributed by atoms with E-state index in [2.05, 4.69) is 10.2 Å². The van der Waals surface area contributed by atoms with Crippen LogP contribution in [0.15, 0.2) is 170 Å². The summed E-state index contributed by atoms with van der Waals surface area (Å²) < 4.78 is 14.7. The minimum absolute atomic E-state index is 0.148. The van der Waals surface area contributed by atoms with Crippen molar-refractivity contribution < 1.29 is 28.9 Å². The van der Waals surface area contributed by atoms with E-state index >= 15 is 0 Å². The first-order chi connectivity index (χ1) is 31.9.